The van der Waals surface area contributed by atoms with Crippen LogP contribution in [0.5, 0.6) is 0 Å². The molecule has 4 aromatic rings. The molecule has 24 heavy (non-hydrogen) atoms. The fourth-order valence-electron chi connectivity index (χ4n) is 2.46. The molecule has 0 spiro atoms. The van der Waals surface area contributed by atoms with Crippen LogP contribution in [0, 0.1) is 0 Å². The van der Waals surface area contributed by atoms with Crippen molar-refractivity contribution < 1.29 is 0 Å². The summed E-state index contributed by atoms with van der Waals surface area (Å²) in [5, 5.41) is 5.88. The van der Waals surface area contributed by atoms with E-state index in [-0.39, 0.29) is 5.56 Å². The van der Waals surface area contributed by atoms with Crippen LogP contribution in [0.1, 0.15) is 0 Å². The molecule has 0 atom stereocenters. The van der Waals surface area contributed by atoms with Crippen molar-refractivity contribution in [2.45, 2.75) is 0 Å². The molecule has 0 radical (unpaired) electrons. The first-order valence-electron chi connectivity index (χ1n) is 7.12. The average Bonchev–Trinajstić information content (AvgIpc) is 3.00. The lowest BCUT2D eigenvalue weighted by molar-refractivity contribution is 0.895. The van der Waals surface area contributed by atoms with E-state index >= 15 is 0 Å². The molecule has 2 heterocycles. The zero-order chi connectivity index (χ0) is 16.7. The molecular formula is C17H10Cl2N4O. The number of hydrogen-bond acceptors (Lipinski definition) is 3. The van der Waals surface area contributed by atoms with Gasteiger partial charge in [-0.05, 0) is 42.5 Å². The van der Waals surface area contributed by atoms with Crippen LogP contribution in [0.4, 0.5) is 0 Å². The maximum absolute atomic E-state index is 12.4. The molecule has 0 aliphatic heterocycles. The lowest BCUT2D eigenvalue weighted by Crippen LogP contribution is -2.10. The van der Waals surface area contributed by atoms with Crippen molar-refractivity contribution in [3.8, 4) is 17.1 Å². The van der Waals surface area contributed by atoms with Gasteiger partial charge in [0.15, 0.2) is 5.65 Å². The number of nitrogens with one attached hydrogen (secondary N) is 1. The second-order valence-electron chi connectivity index (χ2n) is 5.19. The Morgan fingerprint density at radius 2 is 1.79 bits per heavy atom. The van der Waals surface area contributed by atoms with E-state index in [2.05, 4.69) is 15.1 Å². The number of aromatic amines is 1. The van der Waals surface area contributed by atoms with Crippen LogP contribution >= 0.6 is 23.2 Å². The fourth-order valence-corrected chi connectivity index (χ4v) is 2.77. The van der Waals surface area contributed by atoms with Gasteiger partial charge in [-0.25, -0.2) is 9.67 Å². The van der Waals surface area contributed by atoms with Crippen molar-refractivity contribution in [3.05, 3.63) is 75.1 Å². The molecule has 4 rings (SSSR count). The average molecular weight is 357 g/mol. The highest BCUT2D eigenvalue weighted by atomic mass is 35.5. The third-order valence-electron chi connectivity index (χ3n) is 3.61. The van der Waals surface area contributed by atoms with Gasteiger partial charge in [0.05, 0.1) is 11.9 Å². The molecule has 1 N–H and O–H groups in total. The third-order valence-corrected chi connectivity index (χ3v) is 4.10. The van der Waals surface area contributed by atoms with Crippen LogP contribution in [0.2, 0.25) is 10.0 Å². The molecule has 0 fully saturated rings. The Kier molecular flexibility index (Phi) is 3.59. The van der Waals surface area contributed by atoms with Gasteiger partial charge < -0.3 is 4.98 Å². The van der Waals surface area contributed by atoms with E-state index in [9.17, 15) is 4.79 Å². The Balaban J connectivity index is 1.95. The number of nitrogens with zero attached hydrogens (tertiary/aromatic N) is 3. The standard InChI is InChI=1S/C17H10Cl2N4O/c18-11-6-4-10(5-7-11)15-21-16-14(17(24)22-15)9-20-23(16)13-3-1-2-12(19)8-13/h1-9H,(H,21,22,24). The fraction of sp³-hybridized carbons (Fsp3) is 0. The highest BCUT2D eigenvalue weighted by Gasteiger charge is 2.12. The number of rotatable bonds is 2. The van der Waals surface area contributed by atoms with Gasteiger partial charge in [0.2, 0.25) is 0 Å². The smallest absolute Gasteiger partial charge is 0.262 e. The van der Waals surface area contributed by atoms with Gasteiger partial charge in [-0.3, -0.25) is 4.79 Å². The summed E-state index contributed by atoms with van der Waals surface area (Å²) in [5.41, 5.74) is 1.71. The van der Waals surface area contributed by atoms with Gasteiger partial charge in [0, 0.05) is 15.6 Å². The minimum absolute atomic E-state index is 0.252. The zero-order valence-electron chi connectivity index (χ0n) is 12.2. The number of aromatic nitrogens is 4. The second kappa shape index (κ2) is 5.78. The molecule has 0 saturated heterocycles. The van der Waals surface area contributed by atoms with Gasteiger partial charge in [-0.2, -0.15) is 5.10 Å². The topological polar surface area (TPSA) is 63.6 Å². The number of fused-ring (bicyclic) bond motifs is 1. The Morgan fingerprint density at radius 1 is 1.00 bits per heavy atom. The molecule has 0 amide bonds. The number of benzene rings is 2. The first-order valence-corrected chi connectivity index (χ1v) is 7.87. The van der Waals surface area contributed by atoms with Crippen LogP contribution in [0.25, 0.3) is 28.1 Å². The molecule has 0 bridgehead atoms. The predicted molar refractivity (Wildman–Crippen MR) is 94.9 cm³/mol. The van der Waals surface area contributed by atoms with Crippen LogP contribution in [0.15, 0.2) is 59.5 Å². The van der Waals surface area contributed by atoms with Crippen LogP contribution < -0.4 is 5.56 Å². The number of halogens is 2. The summed E-state index contributed by atoms with van der Waals surface area (Å²) in [6, 6.07) is 14.3. The Bertz CT molecular complexity index is 1100. The zero-order valence-corrected chi connectivity index (χ0v) is 13.7. The van der Waals surface area contributed by atoms with Gasteiger partial charge >= 0.3 is 0 Å². The van der Waals surface area contributed by atoms with Gasteiger partial charge in [0.1, 0.15) is 11.2 Å². The van der Waals surface area contributed by atoms with Crippen molar-refractivity contribution >= 4 is 34.2 Å². The Labute approximate surface area is 146 Å². The molecule has 2 aromatic carbocycles. The van der Waals surface area contributed by atoms with E-state index in [4.69, 9.17) is 23.2 Å². The maximum atomic E-state index is 12.4. The SMILES string of the molecule is O=c1[nH]c(-c2ccc(Cl)cc2)nc2c1cnn2-c1cccc(Cl)c1. The highest BCUT2D eigenvalue weighted by Crippen LogP contribution is 2.21. The number of hydrogen-bond donors (Lipinski definition) is 1. The number of H-pyrrole nitrogens is 1. The summed E-state index contributed by atoms with van der Waals surface area (Å²) in [7, 11) is 0. The molecule has 0 aliphatic rings. The molecule has 118 valence electrons. The Hall–Kier alpha value is -2.63. The van der Waals surface area contributed by atoms with Crippen molar-refractivity contribution in [1.82, 2.24) is 19.7 Å². The summed E-state index contributed by atoms with van der Waals surface area (Å²) >= 11 is 12.0. The van der Waals surface area contributed by atoms with Crippen LogP contribution in [-0.2, 0) is 0 Å². The second-order valence-corrected chi connectivity index (χ2v) is 6.07. The van der Waals surface area contributed by atoms with Crippen molar-refractivity contribution in [3.63, 3.8) is 0 Å². The first-order chi connectivity index (χ1) is 11.6. The van der Waals surface area contributed by atoms with Crippen molar-refractivity contribution in [1.29, 1.82) is 0 Å². The van der Waals surface area contributed by atoms with Crippen LogP contribution in [0.3, 0.4) is 0 Å². The van der Waals surface area contributed by atoms with Crippen molar-refractivity contribution in [2.75, 3.05) is 0 Å². The lowest BCUT2D eigenvalue weighted by Gasteiger charge is -2.05. The van der Waals surface area contributed by atoms with E-state index < -0.39 is 0 Å². The normalized spacial score (nSPS) is 11.1. The summed E-state index contributed by atoms with van der Waals surface area (Å²) in [4.78, 5) is 19.7. The van der Waals surface area contributed by atoms with E-state index in [0.717, 1.165) is 11.3 Å². The summed E-state index contributed by atoms with van der Waals surface area (Å²) in [6.07, 6.45) is 1.49. The largest absolute Gasteiger partial charge is 0.306 e. The van der Waals surface area contributed by atoms with Gasteiger partial charge in [-0.1, -0.05) is 29.3 Å². The molecule has 0 unspecified atom stereocenters. The van der Waals surface area contributed by atoms with Crippen LogP contribution in [-0.4, -0.2) is 19.7 Å². The van der Waals surface area contributed by atoms with E-state index in [1.807, 2.05) is 12.1 Å². The molecule has 2 aromatic heterocycles. The van der Waals surface area contributed by atoms with E-state index in [1.54, 1.807) is 41.1 Å². The third kappa shape index (κ3) is 2.58. The molecule has 0 saturated carbocycles. The summed E-state index contributed by atoms with van der Waals surface area (Å²) < 4.78 is 1.59. The highest BCUT2D eigenvalue weighted by molar-refractivity contribution is 6.31. The van der Waals surface area contributed by atoms with Gasteiger partial charge in [0.25, 0.3) is 5.56 Å². The van der Waals surface area contributed by atoms with Gasteiger partial charge in [-0.15, -0.1) is 0 Å². The minimum atomic E-state index is -0.252. The molecule has 7 heteroatoms. The monoisotopic (exact) mass is 356 g/mol. The Morgan fingerprint density at radius 3 is 2.54 bits per heavy atom. The first kappa shape index (κ1) is 14.9. The van der Waals surface area contributed by atoms with E-state index in [0.29, 0.717) is 26.9 Å². The maximum Gasteiger partial charge on any atom is 0.262 e. The minimum Gasteiger partial charge on any atom is -0.306 e. The summed E-state index contributed by atoms with van der Waals surface area (Å²) in [5.74, 6) is 0.452. The van der Waals surface area contributed by atoms with Crippen molar-refractivity contribution in [2.24, 2.45) is 0 Å². The lowest BCUT2D eigenvalue weighted by atomic mass is 10.2. The summed E-state index contributed by atoms with van der Waals surface area (Å²) in [6.45, 7) is 0. The predicted octanol–water partition coefficient (Wildman–Crippen LogP) is 4.08. The molecule has 0 aliphatic carbocycles. The van der Waals surface area contributed by atoms with E-state index in [1.165, 1.54) is 6.20 Å². The molecule has 5 nitrogen and oxygen atoms in total. The quantitative estimate of drug-likeness (QED) is 0.588. The molecular weight excluding hydrogens is 347 g/mol.